The number of nitrogens with one attached hydrogen (secondary N) is 2. The third kappa shape index (κ3) is 1.02. The summed E-state index contributed by atoms with van der Waals surface area (Å²) in [6.07, 6.45) is 2.96. The van der Waals surface area contributed by atoms with Crippen molar-refractivity contribution < 1.29 is 0 Å². The number of rotatable bonds is 0. The smallest absolute Gasteiger partial charge is 0.305 e. The van der Waals surface area contributed by atoms with Gasteiger partial charge in [0.1, 0.15) is 4.64 Å². The summed E-state index contributed by atoms with van der Waals surface area (Å²) in [5, 5.41) is 7.95. The van der Waals surface area contributed by atoms with Crippen LogP contribution >= 0.6 is 12.2 Å². The zero-order chi connectivity index (χ0) is 8.55. The molecule has 12 heavy (non-hydrogen) atoms. The largest absolute Gasteiger partial charge is 0.324 e. The number of hydrogen-bond donors (Lipinski definition) is 2. The molecule has 0 radical (unpaired) electrons. The Labute approximate surface area is 71.5 Å². The monoisotopic (exact) mass is 180 g/mol. The molecule has 0 aliphatic rings. The Bertz CT molecular complexity index is 529. The van der Waals surface area contributed by atoms with E-state index in [2.05, 4.69) is 20.2 Å². The number of aromatic nitrogens is 4. The van der Waals surface area contributed by atoms with E-state index in [1.807, 2.05) is 0 Å². The first-order chi connectivity index (χ1) is 5.77. The van der Waals surface area contributed by atoms with E-state index in [4.69, 9.17) is 12.2 Å². The van der Waals surface area contributed by atoms with E-state index in [0.717, 1.165) is 0 Å². The summed E-state index contributed by atoms with van der Waals surface area (Å²) >= 11 is 4.90. The van der Waals surface area contributed by atoms with Crippen LogP contribution in [0.15, 0.2) is 17.2 Å². The van der Waals surface area contributed by atoms with Gasteiger partial charge in [-0.3, -0.25) is 4.98 Å². The number of nitrogens with zero attached hydrogens (tertiary/aromatic N) is 2. The molecule has 0 aliphatic heterocycles. The molecule has 2 aromatic rings. The van der Waals surface area contributed by atoms with E-state index < -0.39 is 0 Å². The summed E-state index contributed by atoms with van der Waals surface area (Å²) in [7, 11) is 0. The predicted molar refractivity (Wildman–Crippen MR) is 45.3 cm³/mol. The maximum atomic E-state index is 10.9. The van der Waals surface area contributed by atoms with E-state index in [1.165, 1.54) is 12.4 Å². The van der Waals surface area contributed by atoms with Gasteiger partial charge in [-0.15, -0.1) is 0 Å². The molecule has 0 aromatic carbocycles. The molecule has 0 amide bonds. The molecule has 0 fully saturated rings. The molecule has 60 valence electrons. The average molecular weight is 180 g/mol. The van der Waals surface area contributed by atoms with E-state index in [0.29, 0.717) is 15.5 Å². The molecule has 0 atom stereocenters. The molecular weight excluding hydrogens is 176 g/mol. The van der Waals surface area contributed by atoms with Crippen LogP contribution in [0.2, 0.25) is 0 Å². The number of fused-ring (bicyclic) bond motifs is 1. The van der Waals surface area contributed by atoms with Crippen molar-refractivity contribution >= 4 is 23.1 Å². The fraction of sp³-hybridized carbons (Fsp3) is 0. The second-order valence-corrected chi connectivity index (χ2v) is 2.63. The maximum Gasteiger partial charge on any atom is 0.324 e. The Balaban J connectivity index is 3.09. The van der Waals surface area contributed by atoms with Gasteiger partial charge in [0.05, 0.1) is 23.3 Å². The molecule has 0 spiro atoms. The summed E-state index contributed by atoms with van der Waals surface area (Å²) in [4.78, 5) is 15.9. The van der Waals surface area contributed by atoms with Gasteiger partial charge >= 0.3 is 5.69 Å². The van der Waals surface area contributed by atoms with Crippen LogP contribution in [0.3, 0.4) is 0 Å². The molecule has 0 unspecified atom stereocenters. The summed E-state index contributed by atoms with van der Waals surface area (Å²) in [5.41, 5.74) is 0.263. The minimum Gasteiger partial charge on any atom is -0.305 e. The Morgan fingerprint density at radius 2 is 2.00 bits per heavy atom. The van der Waals surface area contributed by atoms with Crippen molar-refractivity contribution in [1.82, 2.24) is 20.2 Å². The van der Waals surface area contributed by atoms with E-state index >= 15 is 0 Å². The van der Waals surface area contributed by atoms with Crippen molar-refractivity contribution in [3.63, 3.8) is 0 Å². The van der Waals surface area contributed by atoms with Crippen LogP contribution in [0.1, 0.15) is 0 Å². The summed E-state index contributed by atoms with van der Waals surface area (Å²) in [6.45, 7) is 0. The van der Waals surface area contributed by atoms with Crippen LogP contribution in [-0.2, 0) is 0 Å². The molecule has 2 heterocycles. The van der Waals surface area contributed by atoms with Crippen molar-refractivity contribution in [2.75, 3.05) is 0 Å². The lowest BCUT2D eigenvalue weighted by Crippen LogP contribution is -2.10. The number of H-pyrrole nitrogens is 2. The minimum atomic E-state index is -0.333. The lowest BCUT2D eigenvalue weighted by atomic mass is 10.4. The van der Waals surface area contributed by atoms with Gasteiger partial charge in [0, 0.05) is 0 Å². The first-order valence-corrected chi connectivity index (χ1v) is 3.61. The SMILES string of the molecule is O=c1[nH]c(=S)c2cnncc2[nH]1. The van der Waals surface area contributed by atoms with Crippen LogP contribution in [0.5, 0.6) is 0 Å². The third-order valence-corrected chi connectivity index (χ3v) is 1.77. The Kier molecular flexibility index (Phi) is 1.47. The van der Waals surface area contributed by atoms with Gasteiger partial charge in [0.25, 0.3) is 0 Å². The second kappa shape index (κ2) is 2.49. The fourth-order valence-electron chi connectivity index (χ4n) is 0.926. The highest BCUT2D eigenvalue weighted by Crippen LogP contribution is 2.04. The molecule has 6 heteroatoms. The van der Waals surface area contributed by atoms with Crippen LogP contribution in [0, 0.1) is 4.64 Å². The van der Waals surface area contributed by atoms with Gasteiger partial charge in [-0.1, -0.05) is 12.2 Å². The normalized spacial score (nSPS) is 10.3. The Morgan fingerprint density at radius 3 is 2.83 bits per heavy atom. The van der Waals surface area contributed by atoms with Crippen molar-refractivity contribution in [2.24, 2.45) is 0 Å². The zero-order valence-corrected chi connectivity index (χ0v) is 6.68. The molecule has 0 saturated carbocycles. The van der Waals surface area contributed by atoms with Crippen LogP contribution in [-0.4, -0.2) is 20.2 Å². The summed E-state index contributed by atoms with van der Waals surface area (Å²) < 4.78 is 0.378. The van der Waals surface area contributed by atoms with Gasteiger partial charge in [-0.2, -0.15) is 10.2 Å². The molecule has 0 aliphatic carbocycles. The van der Waals surface area contributed by atoms with Crippen molar-refractivity contribution in [3.8, 4) is 0 Å². The minimum absolute atomic E-state index is 0.333. The molecule has 2 rings (SSSR count). The van der Waals surface area contributed by atoms with Crippen molar-refractivity contribution in [3.05, 3.63) is 27.5 Å². The highest BCUT2D eigenvalue weighted by Gasteiger charge is 1.95. The highest BCUT2D eigenvalue weighted by atomic mass is 32.1. The van der Waals surface area contributed by atoms with Crippen LogP contribution in [0.25, 0.3) is 10.9 Å². The van der Waals surface area contributed by atoms with Gasteiger partial charge < -0.3 is 4.98 Å². The third-order valence-electron chi connectivity index (χ3n) is 1.45. The average Bonchev–Trinajstić information content (AvgIpc) is 2.04. The lowest BCUT2D eigenvalue weighted by molar-refractivity contribution is 1.02. The molecule has 0 bridgehead atoms. The first-order valence-electron chi connectivity index (χ1n) is 3.20. The molecule has 0 saturated heterocycles. The topological polar surface area (TPSA) is 74.4 Å². The predicted octanol–water partition coefficient (Wildman–Crippen LogP) is 0.376. The van der Waals surface area contributed by atoms with Gasteiger partial charge in [-0.25, -0.2) is 4.79 Å². The van der Waals surface area contributed by atoms with Gasteiger partial charge in [-0.05, 0) is 0 Å². The molecular formula is C6H4N4OS. The van der Waals surface area contributed by atoms with Crippen molar-refractivity contribution in [1.29, 1.82) is 0 Å². The standard InChI is InChI=1S/C6H4N4OS/c11-6-9-4-2-8-7-1-3(4)5(12)10-6/h1-2H,(H2,9,10,11,12). The highest BCUT2D eigenvalue weighted by molar-refractivity contribution is 7.71. The quantitative estimate of drug-likeness (QED) is 0.574. The summed E-state index contributed by atoms with van der Waals surface area (Å²) in [5.74, 6) is 0. The van der Waals surface area contributed by atoms with E-state index in [9.17, 15) is 4.79 Å². The molecule has 2 aromatic heterocycles. The van der Waals surface area contributed by atoms with Crippen LogP contribution < -0.4 is 5.69 Å². The number of hydrogen-bond acceptors (Lipinski definition) is 4. The number of aromatic amines is 2. The van der Waals surface area contributed by atoms with E-state index in [-0.39, 0.29) is 5.69 Å². The molecule has 2 N–H and O–H groups in total. The van der Waals surface area contributed by atoms with E-state index in [1.54, 1.807) is 0 Å². The lowest BCUT2D eigenvalue weighted by Gasteiger charge is -1.93. The van der Waals surface area contributed by atoms with Crippen LogP contribution in [0.4, 0.5) is 0 Å². The Hall–Kier alpha value is -1.56. The van der Waals surface area contributed by atoms with Gasteiger partial charge in [0.15, 0.2) is 0 Å². The Morgan fingerprint density at radius 1 is 1.25 bits per heavy atom. The fourth-order valence-corrected chi connectivity index (χ4v) is 1.18. The van der Waals surface area contributed by atoms with Crippen molar-refractivity contribution in [2.45, 2.75) is 0 Å². The first kappa shape index (κ1) is 7.11. The summed E-state index contributed by atoms with van der Waals surface area (Å²) in [6, 6.07) is 0. The zero-order valence-electron chi connectivity index (χ0n) is 5.87. The maximum absolute atomic E-state index is 10.9. The second-order valence-electron chi connectivity index (χ2n) is 2.22. The molecule has 5 nitrogen and oxygen atoms in total. The van der Waals surface area contributed by atoms with Gasteiger partial charge in [0.2, 0.25) is 0 Å².